The maximum Gasteiger partial charge on any atom is 0.341 e. The van der Waals surface area contributed by atoms with E-state index in [1.165, 1.54) is 28.0 Å². The SMILES string of the molecule is CCOC(=O)c1c(NC(=O)C(C)Sc2cccc(NC(=O)c3cccc(OC)c3)c2)sc2c1CCCCC2. The average Bonchev–Trinajstić information content (AvgIpc) is 3.08. The summed E-state index contributed by atoms with van der Waals surface area (Å²) in [6, 6.07) is 14.3. The fourth-order valence-corrected chi connectivity index (χ4v) is 6.54. The van der Waals surface area contributed by atoms with Gasteiger partial charge in [-0.25, -0.2) is 4.79 Å². The number of nitrogens with one attached hydrogen (secondary N) is 2. The molecule has 38 heavy (non-hydrogen) atoms. The minimum absolute atomic E-state index is 0.192. The van der Waals surface area contributed by atoms with E-state index in [1.807, 2.05) is 25.1 Å². The van der Waals surface area contributed by atoms with Crippen LogP contribution in [0.5, 0.6) is 5.75 Å². The zero-order valence-electron chi connectivity index (χ0n) is 21.8. The molecule has 0 bridgehead atoms. The van der Waals surface area contributed by atoms with Gasteiger partial charge in [-0.15, -0.1) is 23.1 Å². The van der Waals surface area contributed by atoms with Crippen molar-refractivity contribution in [2.75, 3.05) is 24.4 Å². The highest BCUT2D eigenvalue weighted by Crippen LogP contribution is 2.38. The second-order valence-corrected chi connectivity index (χ2v) is 11.5. The van der Waals surface area contributed by atoms with Gasteiger partial charge in [0.2, 0.25) is 5.91 Å². The largest absolute Gasteiger partial charge is 0.497 e. The molecule has 9 heteroatoms. The van der Waals surface area contributed by atoms with Gasteiger partial charge in [-0.1, -0.05) is 18.6 Å². The number of esters is 1. The molecule has 1 aliphatic carbocycles. The number of hydrogen-bond donors (Lipinski definition) is 2. The molecule has 0 spiro atoms. The van der Waals surface area contributed by atoms with E-state index in [2.05, 4.69) is 10.6 Å². The van der Waals surface area contributed by atoms with Crippen molar-refractivity contribution in [3.63, 3.8) is 0 Å². The second kappa shape index (κ2) is 13.0. The third-order valence-corrected chi connectivity index (χ3v) is 8.54. The molecule has 0 saturated heterocycles. The van der Waals surface area contributed by atoms with Crippen molar-refractivity contribution in [1.82, 2.24) is 0 Å². The fraction of sp³-hybridized carbons (Fsp3) is 0.345. The molecule has 1 unspecified atom stereocenters. The normalized spacial score (nSPS) is 13.6. The first-order valence-electron chi connectivity index (χ1n) is 12.7. The zero-order chi connectivity index (χ0) is 27.1. The fourth-order valence-electron chi connectivity index (χ4n) is 4.34. The van der Waals surface area contributed by atoms with E-state index in [9.17, 15) is 14.4 Å². The summed E-state index contributed by atoms with van der Waals surface area (Å²) in [6.45, 7) is 3.89. The molecule has 1 heterocycles. The molecule has 200 valence electrons. The Balaban J connectivity index is 1.44. The molecule has 0 saturated carbocycles. The smallest absolute Gasteiger partial charge is 0.341 e. The molecular formula is C29H32N2O5S2. The van der Waals surface area contributed by atoms with Crippen molar-refractivity contribution in [3.05, 3.63) is 70.1 Å². The second-order valence-electron chi connectivity index (χ2n) is 8.95. The minimum atomic E-state index is -0.434. The summed E-state index contributed by atoms with van der Waals surface area (Å²) in [7, 11) is 1.56. The lowest BCUT2D eigenvalue weighted by molar-refractivity contribution is -0.115. The van der Waals surface area contributed by atoms with Gasteiger partial charge in [0, 0.05) is 21.0 Å². The van der Waals surface area contributed by atoms with Crippen molar-refractivity contribution in [1.29, 1.82) is 0 Å². The lowest BCUT2D eigenvalue weighted by Crippen LogP contribution is -2.23. The van der Waals surface area contributed by atoms with Gasteiger partial charge in [-0.2, -0.15) is 0 Å². The molecule has 1 atom stereocenters. The first-order valence-corrected chi connectivity index (χ1v) is 14.4. The van der Waals surface area contributed by atoms with Crippen LogP contribution in [0.25, 0.3) is 0 Å². The number of methoxy groups -OCH3 is 1. The predicted molar refractivity (Wildman–Crippen MR) is 153 cm³/mol. The summed E-state index contributed by atoms with van der Waals surface area (Å²) >= 11 is 2.87. The number of benzene rings is 2. The Kier molecular flexibility index (Phi) is 9.47. The Hall–Kier alpha value is -3.30. The lowest BCUT2D eigenvalue weighted by Gasteiger charge is -2.14. The number of ether oxygens (including phenoxy) is 2. The van der Waals surface area contributed by atoms with Crippen LogP contribution in [-0.4, -0.2) is 36.8 Å². The van der Waals surface area contributed by atoms with Crippen molar-refractivity contribution < 1.29 is 23.9 Å². The highest BCUT2D eigenvalue weighted by Gasteiger charge is 2.27. The maximum absolute atomic E-state index is 13.2. The summed E-state index contributed by atoms with van der Waals surface area (Å²) in [4.78, 5) is 40.7. The molecule has 1 aliphatic rings. The molecule has 7 nitrogen and oxygen atoms in total. The topological polar surface area (TPSA) is 93.7 Å². The number of carbonyl (C=O) groups excluding carboxylic acids is 3. The van der Waals surface area contributed by atoms with E-state index in [1.54, 1.807) is 44.4 Å². The van der Waals surface area contributed by atoms with E-state index < -0.39 is 5.25 Å². The summed E-state index contributed by atoms with van der Waals surface area (Å²) in [6.07, 6.45) is 4.99. The Bertz CT molecular complexity index is 1320. The number of anilines is 2. The summed E-state index contributed by atoms with van der Waals surface area (Å²) in [5.41, 5.74) is 2.66. The average molecular weight is 553 g/mol. The first kappa shape index (κ1) is 27.7. The van der Waals surface area contributed by atoms with Crippen LogP contribution in [0.4, 0.5) is 10.7 Å². The van der Waals surface area contributed by atoms with E-state index in [0.717, 1.165) is 42.6 Å². The van der Waals surface area contributed by atoms with Crippen molar-refractivity contribution >= 4 is 51.6 Å². The molecule has 2 N–H and O–H groups in total. The number of amides is 2. The minimum Gasteiger partial charge on any atom is -0.497 e. The number of rotatable bonds is 9. The molecular weight excluding hydrogens is 520 g/mol. The number of aryl methyl sites for hydroxylation is 1. The Morgan fingerprint density at radius 1 is 1.03 bits per heavy atom. The Labute approximate surface area is 231 Å². The highest BCUT2D eigenvalue weighted by atomic mass is 32.2. The molecule has 3 aromatic rings. The van der Waals surface area contributed by atoms with Crippen LogP contribution in [0.15, 0.2) is 53.4 Å². The van der Waals surface area contributed by atoms with Gasteiger partial charge in [-0.3, -0.25) is 9.59 Å². The Morgan fingerprint density at radius 3 is 2.61 bits per heavy atom. The molecule has 2 aromatic carbocycles. The summed E-state index contributed by atoms with van der Waals surface area (Å²) < 4.78 is 10.5. The van der Waals surface area contributed by atoms with Crippen LogP contribution in [0, 0.1) is 0 Å². The third-order valence-electron chi connectivity index (χ3n) is 6.24. The van der Waals surface area contributed by atoms with Crippen molar-refractivity contribution in [3.8, 4) is 5.75 Å². The van der Waals surface area contributed by atoms with Crippen molar-refractivity contribution in [2.24, 2.45) is 0 Å². The van der Waals surface area contributed by atoms with E-state index in [4.69, 9.17) is 9.47 Å². The molecule has 1 aromatic heterocycles. The number of fused-ring (bicyclic) bond motifs is 1. The predicted octanol–water partition coefficient (Wildman–Crippen LogP) is 6.57. The Morgan fingerprint density at radius 2 is 1.82 bits per heavy atom. The number of hydrogen-bond acceptors (Lipinski definition) is 7. The van der Waals surface area contributed by atoms with Crippen LogP contribution in [0.1, 0.15) is 64.3 Å². The molecule has 4 rings (SSSR count). The number of thiophene rings is 1. The van der Waals surface area contributed by atoms with Gasteiger partial charge >= 0.3 is 5.97 Å². The van der Waals surface area contributed by atoms with Crippen LogP contribution in [0.2, 0.25) is 0 Å². The van der Waals surface area contributed by atoms with Crippen molar-refractivity contribution in [2.45, 2.75) is 56.1 Å². The van der Waals surface area contributed by atoms with Gasteiger partial charge in [0.05, 0.1) is 24.5 Å². The van der Waals surface area contributed by atoms with Gasteiger partial charge in [0.1, 0.15) is 10.8 Å². The van der Waals surface area contributed by atoms with Gasteiger partial charge in [0.25, 0.3) is 5.91 Å². The first-order chi connectivity index (χ1) is 18.4. The van der Waals surface area contributed by atoms with Gasteiger partial charge < -0.3 is 20.1 Å². The molecule has 0 aliphatic heterocycles. The monoisotopic (exact) mass is 552 g/mol. The quantitative estimate of drug-likeness (QED) is 0.177. The lowest BCUT2D eigenvalue weighted by atomic mass is 10.1. The number of thioether (sulfide) groups is 1. The molecule has 2 amide bonds. The zero-order valence-corrected chi connectivity index (χ0v) is 23.4. The van der Waals surface area contributed by atoms with Crippen LogP contribution >= 0.6 is 23.1 Å². The van der Waals surface area contributed by atoms with Crippen LogP contribution < -0.4 is 15.4 Å². The maximum atomic E-state index is 13.2. The summed E-state index contributed by atoms with van der Waals surface area (Å²) in [5, 5.41) is 6.04. The highest BCUT2D eigenvalue weighted by molar-refractivity contribution is 8.00. The molecule has 0 fully saturated rings. The van der Waals surface area contributed by atoms with E-state index in [-0.39, 0.29) is 24.4 Å². The summed E-state index contributed by atoms with van der Waals surface area (Å²) in [5.74, 6) is -0.208. The van der Waals surface area contributed by atoms with E-state index >= 15 is 0 Å². The van der Waals surface area contributed by atoms with Gasteiger partial charge in [0.15, 0.2) is 0 Å². The van der Waals surface area contributed by atoms with E-state index in [0.29, 0.717) is 27.6 Å². The van der Waals surface area contributed by atoms with Gasteiger partial charge in [-0.05, 0) is 81.5 Å². The third kappa shape index (κ3) is 6.76. The van der Waals surface area contributed by atoms with Crippen LogP contribution in [0.3, 0.4) is 0 Å². The molecule has 0 radical (unpaired) electrons. The number of carbonyl (C=O) groups is 3. The van der Waals surface area contributed by atoms with Crippen LogP contribution in [-0.2, 0) is 22.4 Å². The standard InChI is InChI=1S/C29H32N2O5S2/c1-4-36-29(34)25-23-14-6-5-7-15-24(23)38-28(25)31-26(32)18(2)37-22-13-9-11-20(17-22)30-27(33)19-10-8-12-21(16-19)35-3/h8-13,16-18H,4-7,14-15H2,1-3H3,(H,30,33)(H,31,32).